The zero-order chi connectivity index (χ0) is 76.7. The fraction of sp³-hybridized carbons (Fsp3) is 0.170. The number of halogens is 3. The number of fused-ring (bicyclic) bond motifs is 20. The van der Waals surface area contributed by atoms with E-state index in [9.17, 15) is 0 Å². The van der Waals surface area contributed by atoms with Gasteiger partial charge in [-0.3, -0.25) is 0 Å². The summed E-state index contributed by atoms with van der Waals surface area (Å²) >= 11 is 4.25. The lowest BCUT2D eigenvalue weighted by molar-refractivity contribution is 0.591. The van der Waals surface area contributed by atoms with Gasteiger partial charge in [-0.15, -0.1) is 0 Å². The first-order valence-electron chi connectivity index (χ1n) is 39.3. The molecule has 20 aromatic rings. The van der Waals surface area contributed by atoms with E-state index < -0.39 is 0 Å². The number of aromatic nitrogens is 4. The largest absolute Gasteiger partial charge is 0.310 e. The zero-order valence-electron chi connectivity index (χ0n) is 65.1. The van der Waals surface area contributed by atoms with Crippen LogP contribution in [-0.2, 0) is 21.7 Å². The summed E-state index contributed by atoms with van der Waals surface area (Å²) in [7, 11) is 0. The first-order chi connectivity index (χ1) is 53.8. The highest BCUT2D eigenvalue weighted by Crippen LogP contribution is 2.49. The minimum atomic E-state index is -0.252. The van der Waals surface area contributed by atoms with Gasteiger partial charge in [0.25, 0.3) is 6.71 Å². The molecular formula is C106H90BBrF2N4. The molecule has 2 aliphatic rings. The Hall–Kier alpha value is -11.8. The molecule has 0 radical (unpaired) electrons. The summed E-state index contributed by atoms with van der Waals surface area (Å²) in [4.78, 5) is 0. The van der Waals surface area contributed by atoms with Crippen LogP contribution in [0.4, 0.5) is 8.78 Å². The summed E-state index contributed by atoms with van der Waals surface area (Å²) in [5.74, 6) is -0.465. The van der Waals surface area contributed by atoms with Crippen molar-refractivity contribution < 1.29 is 8.78 Å². The van der Waals surface area contributed by atoms with Gasteiger partial charge in [-0.05, 0) is 252 Å². The number of hydrogen-bond acceptors (Lipinski definition) is 0. The maximum absolute atomic E-state index is 16.0. The third-order valence-corrected chi connectivity index (χ3v) is 25.5. The van der Waals surface area contributed by atoms with Crippen LogP contribution in [0.2, 0.25) is 0 Å². The van der Waals surface area contributed by atoms with E-state index in [0.717, 1.165) is 60.4 Å². The van der Waals surface area contributed by atoms with Crippen molar-refractivity contribution >= 4 is 169 Å². The van der Waals surface area contributed by atoms with Gasteiger partial charge in [0.1, 0.15) is 11.6 Å². The van der Waals surface area contributed by atoms with Crippen LogP contribution in [-0.4, -0.2) is 25.0 Å². The lowest BCUT2D eigenvalue weighted by Crippen LogP contribution is -2.59. The molecule has 8 heteroatoms. The number of hydrogen-bond donors (Lipinski definition) is 0. The van der Waals surface area contributed by atoms with Crippen molar-refractivity contribution in [3.05, 3.63) is 317 Å². The van der Waals surface area contributed by atoms with Crippen LogP contribution in [0.5, 0.6) is 0 Å². The average Bonchev–Trinajstić information content (AvgIpc) is 1.46. The molecule has 114 heavy (non-hydrogen) atoms. The Morgan fingerprint density at radius 1 is 0.263 bits per heavy atom. The van der Waals surface area contributed by atoms with Crippen molar-refractivity contribution in [3.8, 4) is 45.0 Å². The molecule has 22 rings (SSSR count). The van der Waals surface area contributed by atoms with Gasteiger partial charge in [0.05, 0.1) is 48.9 Å². The average molecular weight is 1550 g/mol. The Morgan fingerprint density at radius 2 is 0.535 bits per heavy atom. The first-order valence-corrected chi connectivity index (χ1v) is 40.1. The highest BCUT2D eigenvalue weighted by atomic mass is 79.9. The molecule has 0 N–H and O–H groups in total. The third kappa shape index (κ3) is 10.9. The Balaban J connectivity index is 0.000000150. The van der Waals surface area contributed by atoms with Crippen molar-refractivity contribution in [1.82, 2.24) is 18.3 Å². The normalized spacial score (nSPS) is 12.9. The molecule has 0 unspecified atom stereocenters. The molecule has 16 aromatic carbocycles. The fourth-order valence-corrected chi connectivity index (χ4v) is 19.4. The topological polar surface area (TPSA) is 19.7 Å². The van der Waals surface area contributed by atoms with E-state index in [4.69, 9.17) is 0 Å². The molecule has 0 aliphatic carbocycles. The molecule has 0 saturated carbocycles. The van der Waals surface area contributed by atoms with Crippen LogP contribution in [0.15, 0.2) is 284 Å². The second-order valence-corrected chi connectivity index (χ2v) is 36.5. The van der Waals surface area contributed by atoms with E-state index in [1.807, 2.05) is 24.3 Å². The zero-order valence-corrected chi connectivity index (χ0v) is 66.6. The monoisotopic (exact) mass is 1550 g/mol. The van der Waals surface area contributed by atoms with Crippen molar-refractivity contribution in [2.45, 2.75) is 120 Å². The Bertz CT molecular complexity index is 7100. The molecule has 0 atom stereocenters. The molecule has 0 fully saturated rings. The summed E-state index contributed by atoms with van der Waals surface area (Å²) in [5.41, 5.74) is 25.3. The Morgan fingerprint density at radius 3 is 0.860 bits per heavy atom. The van der Waals surface area contributed by atoms with Gasteiger partial charge in [0, 0.05) is 76.6 Å². The van der Waals surface area contributed by atoms with Crippen molar-refractivity contribution in [2.75, 3.05) is 0 Å². The van der Waals surface area contributed by atoms with Crippen LogP contribution in [0, 0.1) is 11.6 Å². The van der Waals surface area contributed by atoms with Gasteiger partial charge in [-0.2, -0.15) is 0 Å². The van der Waals surface area contributed by atoms with Gasteiger partial charge in [0.15, 0.2) is 0 Å². The predicted octanol–water partition coefficient (Wildman–Crippen LogP) is 28.4. The third-order valence-electron chi connectivity index (χ3n) is 24.7. The van der Waals surface area contributed by atoms with Crippen LogP contribution in [0.3, 0.4) is 0 Å². The number of benzene rings is 16. The Kier molecular flexibility index (Phi) is 16.3. The van der Waals surface area contributed by atoms with Crippen molar-refractivity contribution in [3.63, 3.8) is 0 Å². The summed E-state index contributed by atoms with van der Waals surface area (Å²) in [6, 6.07) is 100. The maximum Gasteiger partial charge on any atom is 0.252 e. The minimum Gasteiger partial charge on any atom is -0.310 e. The van der Waals surface area contributed by atoms with E-state index in [2.05, 4.69) is 348 Å². The maximum atomic E-state index is 16.0. The van der Waals surface area contributed by atoms with E-state index in [1.165, 1.54) is 147 Å². The fourth-order valence-electron chi connectivity index (χ4n) is 18.8. The molecule has 4 aromatic heterocycles. The van der Waals surface area contributed by atoms with Crippen molar-refractivity contribution in [1.29, 1.82) is 0 Å². The summed E-state index contributed by atoms with van der Waals surface area (Å²) in [5, 5.41) is 19.5. The van der Waals surface area contributed by atoms with Crippen LogP contribution < -0.4 is 16.4 Å². The molecule has 0 saturated heterocycles. The van der Waals surface area contributed by atoms with E-state index in [-0.39, 0.29) is 54.9 Å². The summed E-state index contributed by atoms with van der Waals surface area (Å²) in [6.45, 7) is 27.6. The van der Waals surface area contributed by atoms with E-state index in [0.29, 0.717) is 11.1 Å². The van der Waals surface area contributed by atoms with Gasteiger partial charge in [-0.1, -0.05) is 256 Å². The van der Waals surface area contributed by atoms with Gasteiger partial charge in [-0.25, -0.2) is 8.78 Å². The lowest BCUT2D eigenvalue weighted by Gasteiger charge is -2.36. The molecule has 0 bridgehead atoms. The molecule has 558 valence electrons. The minimum absolute atomic E-state index is 0. The van der Waals surface area contributed by atoms with Crippen LogP contribution >= 0.6 is 15.9 Å². The molecule has 6 heterocycles. The first kappa shape index (κ1) is 72.4. The SMILES string of the molecule is C.C.CC(C)(C)c1cc2c3c(c1)c1cc4ccccc4cc1n3-c1cc(-c3ccccc3F)cc3c1B2c1cc(C(C)(C)C)cc2c4cc5ccccc5cc4n-3c12.CC(C)(C)c1ccc2c(c1)c1cc3ccccc3cc1n2-c1cc(-c2ccccc2F)cc(-n2c3ccc(C(C)(C)C)cc3c3cc4ccccc4cc32)c1Br. The van der Waals surface area contributed by atoms with Crippen LogP contribution in [0.25, 0.3) is 175 Å². The molecule has 4 nitrogen and oxygen atoms in total. The highest BCUT2D eigenvalue weighted by molar-refractivity contribution is 9.10. The Labute approximate surface area is 673 Å². The standard InChI is InChI=1S/C52H40BFN2.C52H42BrFN2.2CH4/c1-51(2,3)34-25-39-37-19-29-13-7-9-15-31(29)21-44(37)55-46-23-33(36-17-11-12-18-43(36)54)24-47-48(46)53(41(27-34)49(39)55)42-28-35(52(4,5)6)26-40-38-20-30-14-8-10-16-32(30)22-45(38)56(47)50(40)42;1-51(2,3)36-19-21-44-41(29-36)39-23-31-13-7-9-15-33(31)25-46(39)55(44)48-27-35(38-17-11-12-18-43(38)54)28-49(50(48)53)56-45-22-20-37(52(4,5)6)30-42(45)40-24-32-14-8-10-16-34(32)26-47(40)56;;/h7-28H,1-6H3;7-30H,1-6H3;2*1H4. The highest BCUT2D eigenvalue weighted by Gasteiger charge is 2.43. The quantitative estimate of drug-likeness (QED) is 0.157. The predicted molar refractivity (Wildman–Crippen MR) is 492 cm³/mol. The number of rotatable bonds is 4. The second kappa shape index (κ2) is 25.6. The van der Waals surface area contributed by atoms with E-state index in [1.54, 1.807) is 24.3 Å². The van der Waals surface area contributed by atoms with E-state index >= 15 is 8.78 Å². The van der Waals surface area contributed by atoms with Gasteiger partial charge < -0.3 is 18.3 Å². The van der Waals surface area contributed by atoms with Gasteiger partial charge in [0.2, 0.25) is 0 Å². The molecular weight excluding hydrogens is 1460 g/mol. The summed E-state index contributed by atoms with van der Waals surface area (Å²) in [6.07, 6.45) is 0. The summed E-state index contributed by atoms with van der Waals surface area (Å²) < 4.78 is 42.7. The van der Waals surface area contributed by atoms with Crippen LogP contribution in [0.1, 0.15) is 120 Å². The smallest absolute Gasteiger partial charge is 0.252 e. The van der Waals surface area contributed by atoms with Crippen molar-refractivity contribution in [2.24, 2.45) is 0 Å². The number of nitrogens with zero attached hydrogens (tertiary/aromatic N) is 4. The molecule has 0 spiro atoms. The molecule has 0 amide bonds. The second-order valence-electron chi connectivity index (χ2n) is 35.7. The van der Waals surface area contributed by atoms with Gasteiger partial charge >= 0.3 is 0 Å². The molecule has 2 aliphatic heterocycles. The lowest BCUT2D eigenvalue weighted by atomic mass is 9.34.